The zero-order valence-corrected chi connectivity index (χ0v) is 20.6. The van der Waals surface area contributed by atoms with Gasteiger partial charge in [0, 0.05) is 0 Å². The van der Waals surface area contributed by atoms with Crippen LogP contribution in [0.25, 0.3) is 11.1 Å². The number of alkyl halides is 2. The number of hydrogen-bond donors (Lipinski definition) is 0. The van der Waals surface area contributed by atoms with Crippen LogP contribution in [0.2, 0.25) is 12.1 Å². The maximum atomic E-state index is 14.9. The zero-order chi connectivity index (χ0) is 23.4. The second-order valence-electron chi connectivity index (χ2n) is 9.68. The third kappa shape index (κ3) is 6.53. The summed E-state index contributed by atoms with van der Waals surface area (Å²) in [5.41, 5.74) is 0.883. The normalized spacial score (nSPS) is 25.9. The molecule has 0 unspecified atom stereocenters. The van der Waals surface area contributed by atoms with Gasteiger partial charge in [-0.3, -0.25) is 0 Å². The van der Waals surface area contributed by atoms with Gasteiger partial charge in [0.15, 0.2) is 0 Å². The van der Waals surface area contributed by atoms with Gasteiger partial charge >= 0.3 is 6.61 Å². The third-order valence-electron chi connectivity index (χ3n) is 7.51. The molecule has 2 aromatic rings. The summed E-state index contributed by atoms with van der Waals surface area (Å²) in [4.78, 5) is 0. The zero-order valence-electron chi connectivity index (χ0n) is 18.7. The van der Waals surface area contributed by atoms with Crippen molar-refractivity contribution < 1.29 is 22.3 Å². The second kappa shape index (κ2) is 11.3. The Morgan fingerprint density at radius 1 is 0.848 bits per heavy atom. The molecule has 2 fully saturated rings. The average molecular weight is 499 g/mol. The van der Waals surface area contributed by atoms with Gasteiger partial charge in [-0.25, -0.2) is 8.78 Å². The molecule has 0 amide bonds. The molecule has 0 aromatic heterocycles. The fourth-order valence-corrected chi connectivity index (χ4v) is 8.28. The molecule has 7 heteroatoms. The molecule has 1 saturated carbocycles. The highest BCUT2D eigenvalue weighted by molar-refractivity contribution is 7.07. The van der Waals surface area contributed by atoms with Crippen LogP contribution in [0.15, 0.2) is 36.4 Å². The van der Waals surface area contributed by atoms with Gasteiger partial charge < -0.3 is 4.74 Å². The summed E-state index contributed by atoms with van der Waals surface area (Å²) in [5.74, 6) is 0.462. The number of ether oxygens (including phenoxy) is 1. The van der Waals surface area contributed by atoms with Gasteiger partial charge in [0.05, 0.1) is 5.56 Å². The number of rotatable bonds is 7. The summed E-state index contributed by atoms with van der Waals surface area (Å²) in [6, 6.07) is 10.8. The van der Waals surface area contributed by atoms with E-state index in [1.807, 2.05) is 0 Å². The van der Waals surface area contributed by atoms with E-state index in [0.29, 0.717) is 5.56 Å². The first-order chi connectivity index (χ1) is 15.9. The minimum absolute atomic E-state index is 0.0449. The van der Waals surface area contributed by atoms with Crippen LogP contribution in [0, 0.1) is 23.5 Å². The highest BCUT2D eigenvalue weighted by Crippen LogP contribution is 2.41. The predicted molar refractivity (Wildman–Crippen MR) is 128 cm³/mol. The summed E-state index contributed by atoms with van der Waals surface area (Å²) in [7, 11) is -0.898. The summed E-state index contributed by atoms with van der Waals surface area (Å²) in [6.45, 7) is -2.94. The molecule has 1 aliphatic heterocycles. The maximum Gasteiger partial charge on any atom is 0.387 e. The largest absolute Gasteiger partial charge is 0.435 e. The molecular weight excluding hydrogens is 468 g/mol. The minimum atomic E-state index is -2.94. The fraction of sp³-hybridized carbons (Fsp3) is 0.538. The molecule has 1 saturated heterocycles. The van der Waals surface area contributed by atoms with E-state index >= 15 is 0 Å². The molecule has 0 spiro atoms. The molecule has 2 aromatic carbocycles. The van der Waals surface area contributed by atoms with Gasteiger partial charge in [-0.1, -0.05) is 37.8 Å². The van der Waals surface area contributed by atoms with Gasteiger partial charge in [-0.2, -0.15) is 19.9 Å². The first-order valence-electron chi connectivity index (χ1n) is 12.1. The molecule has 0 atom stereocenters. The SMILES string of the molecule is Fc1cc([C@H]2CC[C@H](CCC3CC[SiH](Cl)CC3)CC2)cc(F)c1-c1ccc(OC(F)F)cc1. The van der Waals surface area contributed by atoms with Crippen LogP contribution in [0.1, 0.15) is 62.8 Å². The Morgan fingerprint density at radius 3 is 1.94 bits per heavy atom. The Morgan fingerprint density at radius 2 is 1.39 bits per heavy atom. The number of halogens is 5. The lowest BCUT2D eigenvalue weighted by molar-refractivity contribution is -0.0498. The summed E-state index contributed by atoms with van der Waals surface area (Å²) in [5, 5.41) is 0. The van der Waals surface area contributed by atoms with Crippen molar-refractivity contribution in [1.82, 2.24) is 0 Å². The molecule has 1 heterocycles. The van der Waals surface area contributed by atoms with Crippen molar-refractivity contribution in [3.63, 3.8) is 0 Å². The number of benzene rings is 2. The van der Waals surface area contributed by atoms with Crippen molar-refractivity contribution in [2.45, 2.75) is 76.0 Å². The van der Waals surface area contributed by atoms with Crippen molar-refractivity contribution in [2.75, 3.05) is 0 Å². The highest BCUT2D eigenvalue weighted by atomic mass is 35.6. The molecule has 1 nitrogen and oxygen atoms in total. The van der Waals surface area contributed by atoms with Crippen molar-refractivity contribution in [1.29, 1.82) is 0 Å². The first kappa shape index (κ1) is 24.6. The van der Waals surface area contributed by atoms with Gasteiger partial charge in [-0.15, -0.1) is 0 Å². The Kier molecular flexibility index (Phi) is 8.39. The predicted octanol–water partition coefficient (Wildman–Crippen LogP) is 8.66. The van der Waals surface area contributed by atoms with Crippen molar-refractivity contribution in [2.24, 2.45) is 11.8 Å². The first-order valence-corrected chi connectivity index (χ1v) is 15.4. The van der Waals surface area contributed by atoms with Crippen LogP contribution in [0.4, 0.5) is 17.6 Å². The molecule has 0 bridgehead atoms. The van der Waals surface area contributed by atoms with Crippen LogP contribution in [0.3, 0.4) is 0 Å². The lowest BCUT2D eigenvalue weighted by Gasteiger charge is -2.31. The molecule has 0 N–H and O–H groups in total. The van der Waals surface area contributed by atoms with Gasteiger partial charge in [0.25, 0.3) is 0 Å². The molecule has 180 valence electrons. The van der Waals surface area contributed by atoms with Crippen LogP contribution >= 0.6 is 11.1 Å². The minimum Gasteiger partial charge on any atom is -0.435 e. The molecule has 33 heavy (non-hydrogen) atoms. The highest BCUT2D eigenvalue weighted by Gasteiger charge is 2.26. The maximum absolute atomic E-state index is 14.9. The molecule has 2 aliphatic rings. The van der Waals surface area contributed by atoms with E-state index < -0.39 is 26.4 Å². The van der Waals surface area contributed by atoms with E-state index in [1.54, 1.807) is 0 Å². The molecule has 4 rings (SSSR count). The van der Waals surface area contributed by atoms with E-state index in [-0.39, 0.29) is 17.2 Å². The summed E-state index contributed by atoms with van der Waals surface area (Å²) < 4.78 is 58.7. The van der Waals surface area contributed by atoms with Crippen LogP contribution in [0.5, 0.6) is 5.75 Å². The number of hydrogen-bond acceptors (Lipinski definition) is 1. The fourth-order valence-electron chi connectivity index (χ4n) is 5.57. The van der Waals surface area contributed by atoms with Crippen molar-refractivity contribution >= 4 is 19.2 Å². The Bertz CT molecular complexity index is 884. The Hall–Kier alpha value is -1.53. The van der Waals surface area contributed by atoms with E-state index in [9.17, 15) is 17.6 Å². The van der Waals surface area contributed by atoms with Crippen LogP contribution in [-0.2, 0) is 0 Å². The van der Waals surface area contributed by atoms with Gasteiger partial charge in [0.2, 0.25) is 0 Å². The van der Waals surface area contributed by atoms with Crippen LogP contribution in [-0.4, -0.2) is 14.7 Å². The molecular formula is C26H31ClF4OSi. The standard InChI is InChI=1S/C26H31ClF4OSi/c27-33-13-11-18(12-14-33)2-1-17-3-5-19(6-4-17)21-15-23(28)25(24(29)16-21)20-7-9-22(10-8-20)32-26(30)31/h7-10,15-19,26,33H,1-6,11-14H2/t17-,18?,19-,33?. The third-order valence-corrected chi connectivity index (χ3v) is 10.7. The molecule has 0 radical (unpaired) electrons. The van der Waals surface area contributed by atoms with Crippen LogP contribution < -0.4 is 4.74 Å². The second-order valence-corrected chi connectivity index (χ2v) is 13.9. The van der Waals surface area contributed by atoms with Gasteiger partial charge in [-0.05, 0) is 90.9 Å². The van der Waals surface area contributed by atoms with E-state index in [4.69, 9.17) is 11.1 Å². The van der Waals surface area contributed by atoms with E-state index in [2.05, 4.69) is 4.74 Å². The lowest BCUT2D eigenvalue weighted by Crippen LogP contribution is -2.18. The van der Waals surface area contributed by atoms with Gasteiger partial charge in [0.1, 0.15) is 25.5 Å². The van der Waals surface area contributed by atoms with Crippen molar-refractivity contribution in [3.05, 3.63) is 53.6 Å². The average Bonchev–Trinajstić information content (AvgIpc) is 2.79. The monoisotopic (exact) mass is 498 g/mol. The molecule has 1 aliphatic carbocycles. The Balaban J connectivity index is 1.34. The summed E-state index contributed by atoms with van der Waals surface area (Å²) >= 11 is 6.35. The van der Waals surface area contributed by atoms with Crippen molar-refractivity contribution in [3.8, 4) is 16.9 Å². The smallest absolute Gasteiger partial charge is 0.387 e. The van der Waals surface area contributed by atoms with E-state index in [1.165, 1.54) is 74.2 Å². The topological polar surface area (TPSA) is 9.23 Å². The quantitative estimate of drug-likeness (QED) is 0.211. The van der Waals surface area contributed by atoms with E-state index in [0.717, 1.165) is 43.1 Å². The Labute approximate surface area is 199 Å². The lowest BCUT2D eigenvalue weighted by atomic mass is 9.76. The summed E-state index contributed by atoms with van der Waals surface area (Å²) in [6.07, 6.45) is 9.33.